The predicted molar refractivity (Wildman–Crippen MR) is 94.4 cm³/mol. The summed E-state index contributed by atoms with van der Waals surface area (Å²) in [5, 5.41) is 0.985. The first-order valence-corrected chi connectivity index (χ1v) is 7.98. The van der Waals surface area contributed by atoms with Gasteiger partial charge in [-0.2, -0.15) is 0 Å². The number of hydrogen-bond donors (Lipinski definition) is 0. The molecular formula is C18H19Cl2NO2. The molecule has 0 saturated heterocycles. The third kappa shape index (κ3) is 4.40. The van der Waals surface area contributed by atoms with Crippen molar-refractivity contribution < 1.29 is 9.53 Å². The van der Waals surface area contributed by atoms with Crippen molar-refractivity contribution in [3.63, 3.8) is 0 Å². The van der Waals surface area contributed by atoms with Gasteiger partial charge in [0.05, 0.1) is 23.6 Å². The van der Waals surface area contributed by atoms with Crippen molar-refractivity contribution in [1.29, 1.82) is 0 Å². The molecule has 0 spiro atoms. The molecule has 0 aromatic heterocycles. The van der Waals surface area contributed by atoms with Gasteiger partial charge in [0, 0.05) is 13.6 Å². The van der Waals surface area contributed by atoms with E-state index in [1.807, 2.05) is 37.3 Å². The first-order valence-electron chi connectivity index (χ1n) is 7.22. The third-order valence-electron chi connectivity index (χ3n) is 3.69. The molecule has 0 aliphatic heterocycles. The zero-order chi connectivity index (χ0) is 17.0. The van der Waals surface area contributed by atoms with Gasteiger partial charge in [-0.25, -0.2) is 0 Å². The van der Waals surface area contributed by atoms with Gasteiger partial charge in [-0.15, -0.1) is 0 Å². The lowest BCUT2D eigenvalue weighted by Gasteiger charge is -2.19. The van der Waals surface area contributed by atoms with Gasteiger partial charge in [-0.1, -0.05) is 47.5 Å². The fraction of sp³-hybridized carbons (Fsp3) is 0.278. The van der Waals surface area contributed by atoms with Gasteiger partial charge in [0.15, 0.2) is 0 Å². The molecule has 23 heavy (non-hydrogen) atoms. The second-order valence-corrected chi connectivity index (χ2v) is 6.23. The molecule has 0 unspecified atom stereocenters. The highest BCUT2D eigenvalue weighted by atomic mass is 35.5. The normalized spacial score (nSPS) is 10.5. The third-order valence-corrected chi connectivity index (χ3v) is 4.55. The average molecular weight is 352 g/mol. The lowest BCUT2D eigenvalue weighted by Crippen LogP contribution is -2.27. The van der Waals surface area contributed by atoms with Crippen LogP contribution in [0.5, 0.6) is 5.75 Å². The van der Waals surface area contributed by atoms with Crippen LogP contribution in [0, 0.1) is 6.92 Å². The number of amides is 1. The molecule has 0 heterocycles. The van der Waals surface area contributed by atoms with Crippen molar-refractivity contribution >= 4 is 29.1 Å². The summed E-state index contributed by atoms with van der Waals surface area (Å²) >= 11 is 12.2. The van der Waals surface area contributed by atoms with Crippen LogP contribution in [0.2, 0.25) is 10.0 Å². The molecule has 0 atom stereocenters. The predicted octanol–water partition coefficient (Wildman–Crippen LogP) is 4.51. The number of nitrogens with zero attached hydrogens (tertiary/aromatic N) is 1. The molecule has 122 valence electrons. The molecule has 2 aromatic rings. The summed E-state index contributed by atoms with van der Waals surface area (Å²) in [6, 6.07) is 11.2. The molecule has 0 fully saturated rings. The Morgan fingerprint density at radius 3 is 2.65 bits per heavy atom. The molecule has 0 saturated carbocycles. The number of methoxy groups -OCH3 is 1. The monoisotopic (exact) mass is 351 g/mol. The standard InChI is InChI=1S/C18H19Cl2NO2/c1-12-7-8-13(9-16(12)23-3)10-17(22)21(2)11-14-5-4-6-15(19)18(14)20/h4-9H,10-11H2,1-3H3. The van der Waals surface area contributed by atoms with E-state index in [1.165, 1.54) is 0 Å². The van der Waals surface area contributed by atoms with Crippen LogP contribution >= 0.6 is 23.2 Å². The van der Waals surface area contributed by atoms with Gasteiger partial charge in [0.2, 0.25) is 5.91 Å². The number of ether oxygens (including phenoxy) is 1. The van der Waals surface area contributed by atoms with Crippen molar-refractivity contribution in [2.45, 2.75) is 19.9 Å². The number of hydrogen-bond acceptors (Lipinski definition) is 2. The fourth-order valence-corrected chi connectivity index (χ4v) is 2.68. The molecule has 2 aromatic carbocycles. The fourth-order valence-electron chi connectivity index (χ4n) is 2.30. The van der Waals surface area contributed by atoms with Crippen LogP contribution in [0.4, 0.5) is 0 Å². The highest BCUT2D eigenvalue weighted by molar-refractivity contribution is 6.42. The summed E-state index contributed by atoms with van der Waals surface area (Å²) in [7, 11) is 3.38. The minimum absolute atomic E-state index is 0.00643. The smallest absolute Gasteiger partial charge is 0.227 e. The van der Waals surface area contributed by atoms with E-state index in [1.54, 1.807) is 25.1 Å². The Kier molecular flexibility index (Phi) is 5.91. The Morgan fingerprint density at radius 1 is 1.22 bits per heavy atom. The van der Waals surface area contributed by atoms with Crippen molar-refractivity contribution in [3.05, 3.63) is 63.1 Å². The van der Waals surface area contributed by atoms with E-state index >= 15 is 0 Å². The molecule has 3 nitrogen and oxygen atoms in total. The molecule has 2 rings (SSSR count). The number of likely N-dealkylation sites (N-methyl/N-ethyl adjacent to an activating group) is 1. The Labute approximate surface area is 146 Å². The summed E-state index contributed by atoms with van der Waals surface area (Å²) in [5.74, 6) is 0.794. The summed E-state index contributed by atoms with van der Waals surface area (Å²) in [6.45, 7) is 2.39. The van der Waals surface area contributed by atoms with E-state index in [-0.39, 0.29) is 5.91 Å². The first kappa shape index (κ1) is 17.6. The summed E-state index contributed by atoms with van der Waals surface area (Å²) in [5.41, 5.74) is 2.79. The average Bonchev–Trinajstić information content (AvgIpc) is 2.53. The largest absolute Gasteiger partial charge is 0.496 e. The van der Waals surface area contributed by atoms with Crippen LogP contribution in [-0.4, -0.2) is 25.0 Å². The maximum Gasteiger partial charge on any atom is 0.227 e. The number of halogens is 2. The molecular weight excluding hydrogens is 333 g/mol. The SMILES string of the molecule is COc1cc(CC(=O)N(C)Cc2cccc(Cl)c2Cl)ccc1C. The minimum Gasteiger partial charge on any atom is -0.496 e. The van der Waals surface area contributed by atoms with Gasteiger partial charge in [0.25, 0.3) is 0 Å². The van der Waals surface area contributed by atoms with E-state index in [4.69, 9.17) is 27.9 Å². The highest BCUT2D eigenvalue weighted by Gasteiger charge is 2.13. The Hall–Kier alpha value is -1.71. The van der Waals surface area contributed by atoms with Crippen LogP contribution in [0.3, 0.4) is 0 Å². The molecule has 0 N–H and O–H groups in total. The van der Waals surface area contributed by atoms with Gasteiger partial charge in [-0.3, -0.25) is 4.79 Å². The number of carbonyl (C=O) groups is 1. The van der Waals surface area contributed by atoms with Crippen LogP contribution in [-0.2, 0) is 17.8 Å². The number of benzene rings is 2. The molecule has 1 amide bonds. The van der Waals surface area contributed by atoms with Gasteiger partial charge in [0.1, 0.15) is 5.75 Å². The van der Waals surface area contributed by atoms with Crippen molar-refractivity contribution in [3.8, 4) is 5.75 Å². The van der Waals surface area contributed by atoms with Crippen molar-refractivity contribution in [2.24, 2.45) is 0 Å². The highest BCUT2D eigenvalue weighted by Crippen LogP contribution is 2.26. The summed E-state index contributed by atoms with van der Waals surface area (Å²) in [6.07, 6.45) is 0.311. The van der Waals surface area contributed by atoms with Crippen molar-refractivity contribution in [2.75, 3.05) is 14.2 Å². The lowest BCUT2D eigenvalue weighted by molar-refractivity contribution is -0.129. The molecule has 0 aliphatic carbocycles. The van der Waals surface area contributed by atoms with Crippen LogP contribution in [0.1, 0.15) is 16.7 Å². The molecule has 5 heteroatoms. The molecule has 0 bridgehead atoms. The number of carbonyl (C=O) groups excluding carboxylic acids is 1. The van der Waals surface area contributed by atoms with E-state index in [9.17, 15) is 4.79 Å². The second kappa shape index (κ2) is 7.71. The maximum atomic E-state index is 12.4. The Balaban J connectivity index is 2.07. The maximum absolute atomic E-state index is 12.4. The number of aryl methyl sites for hydroxylation is 1. The Bertz CT molecular complexity index is 716. The topological polar surface area (TPSA) is 29.5 Å². The lowest BCUT2D eigenvalue weighted by atomic mass is 10.1. The number of rotatable bonds is 5. The van der Waals surface area contributed by atoms with Crippen LogP contribution < -0.4 is 4.74 Å². The van der Waals surface area contributed by atoms with E-state index in [0.29, 0.717) is 23.0 Å². The Morgan fingerprint density at radius 2 is 1.96 bits per heavy atom. The van der Waals surface area contributed by atoms with E-state index in [2.05, 4.69) is 0 Å². The quantitative estimate of drug-likeness (QED) is 0.792. The van der Waals surface area contributed by atoms with E-state index < -0.39 is 0 Å². The van der Waals surface area contributed by atoms with Gasteiger partial charge < -0.3 is 9.64 Å². The van der Waals surface area contributed by atoms with Crippen LogP contribution in [0.25, 0.3) is 0 Å². The summed E-state index contributed by atoms with van der Waals surface area (Å²) in [4.78, 5) is 14.0. The molecule has 0 radical (unpaired) electrons. The van der Waals surface area contributed by atoms with Crippen LogP contribution in [0.15, 0.2) is 36.4 Å². The minimum atomic E-state index is 0.00643. The zero-order valence-corrected chi connectivity index (χ0v) is 14.9. The van der Waals surface area contributed by atoms with Gasteiger partial charge in [-0.05, 0) is 35.7 Å². The van der Waals surface area contributed by atoms with Crippen molar-refractivity contribution in [1.82, 2.24) is 4.90 Å². The van der Waals surface area contributed by atoms with Gasteiger partial charge >= 0.3 is 0 Å². The summed E-state index contributed by atoms with van der Waals surface area (Å²) < 4.78 is 5.30. The molecule has 0 aliphatic rings. The second-order valence-electron chi connectivity index (χ2n) is 5.44. The van der Waals surface area contributed by atoms with E-state index in [0.717, 1.165) is 22.4 Å². The zero-order valence-electron chi connectivity index (χ0n) is 13.4. The first-order chi connectivity index (χ1) is 10.9.